The zero-order chi connectivity index (χ0) is 20.5. The van der Waals surface area contributed by atoms with Gasteiger partial charge in [-0.25, -0.2) is 0 Å². The molecule has 2 aliphatic rings. The van der Waals surface area contributed by atoms with Gasteiger partial charge in [0.2, 0.25) is 0 Å². The van der Waals surface area contributed by atoms with Crippen LogP contribution in [0.4, 0.5) is 5.69 Å². The molecule has 0 radical (unpaired) electrons. The van der Waals surface area contributed by atoms with Gasteiger partial charge in [-0.3, -0.25) is 14.5 Å². The van der Waals surface area contributed by atoms with Gasteiger partial charge in [-0.15, -0.1) is 10.2 Å². The molecule has 1 fully saturated rings. The molecule has 0 aliphatic carbocycles. The number of hydrogen-bond acceptors (Lipinski definition) is 6. The molecule has 2 aliphatic heterocycles. The fourth-order valence-electron chi connectivity index (χ4n) is 4.59. The largest absolute Gasteiger partial charge is 0.396 e. The number of piperazine rings is 1. The number of aryl methyl sites for hydroxylation is 3. The Kier molecular flexibility index (Phi) is 5.23. The second-order valence-electron chi connectivity index (χ2n) is 8.18. The van der Waals surface area contributed by atoms with E-state index in [1.54, 1.807) is 0 Å². The fourth-order valence-corrected chi connectivity index (χ4v) is 4.59. The van der Waals surface area contributed by atoms with E-state index in [-0.39, 0.29) is 6.61 Å². The number of fused-ring (bicyclic) bond motifs is 3. The maximum absolute atomic E-state index is 9.04. The smallest absolute Gasteiger partial charge is 0.137 e. The van der Waals surface area contributed by atoms with Crippen molar-refractivity contribution in [3.8, 4) is 16.8 Å². The average Bonchev–Trinajstić information content (AvgIpc) is 3.19. The second kappa shape index (κ2) is 8.16. The molecule has 4 heterocycles. The monoisotopic (exact) mass is 404 g/mol. The summed E-state index contributed by atoms with van der Waals surface area (Å²) in [5.41, 5.74) is 6.09. The maximum Gasteiger partial charge on any atom is 0.137 e. The molecule has 156 valence electrons. The zero-order valence-electron chi connectivity index (χ0n) is 17.5. The quantitative estimate of drug-likeness (QED) is 0.703. The lowest BCUT2D eigenvalue weighted by molar-refractivity contribution is 0.216. The number of pyridine rings is 1. The van der Waals surface area contributed by atoms with Gasteiger partial charge < -0.3 is 10.0 Å². The first-order valence-electron chi connectivity index (χ1n) is 10.8. The molecule has 3 aromatic rings. The van der Waals surface area contributed by atoms with E-state index in [2.05, 4.69) is 53.8 Å². The van der Waals surface area contributed by atoms with Crippen LogP contribution < -0.4 is 4.90 Å². The number of aliphatic hydroxyl groups is 1. The minimum absolute atomic E-state index is 0.269. The lowest BCUT2D eigenvalue weighted by Gasteiger charge is -2.36. The second-order valence-corrected chi connectivity index (χ2v) is 8.18. The maximum atomic E-state index is 9.04. The van der Waals surface area contributed by atoms with Crippen LogP contribution in [0, 0.1) is 6.92 Å². The van der Waals surface area contributed by atoms with Crippen LogP contribution >= 0.6 is 0 Å². The molecule has 30 heavy (non-hydrogen) atoms. The van der Waals surface area contributed by atoms with Gasteiger partial charge in [0.05, 0.1) is 17.6 Å². The Hall–Kier alpha value is -2.77. The van der Waals surface area contributed by atoms with Crippen LogP contribution in [0.15, 0.2) is 36.7 Å². The summed E-state index contributed by atoms with van der Waals surface area (Å²) in [5.74, 6) is 2.00. The van der Waals surface area contributed by atoms with E-state index in [0.29, 0.717) is 0 Å². The molecule has 0 atom stereocenters. The van der Waals surface area contributed by atoms with Crippen molar-refractivity contribution in [3.63, 3.8) is 0 Å². The third kappa shape index (κ3) is 3.59. The Morgan fingerprint density at radius 3 is 2.67 bits per heavy atom. The van der Waals surface area contributed by atoms with E-state index in [0.717, 1.165) is 69.2 Å². The van der Waals surface area contributed by atoms with Crippen LogP contribution in [0.1, 0.15) is 23.6 Å². The predicted octanol–water partition coefficient (Wildman–Crippen LogP) is 2.24. The van der Waals surface area contributed by atoms with Crippen molar-refractivity contribution in [2.75, 3.05) is 44.2 Å². The SMILES string of the molecule is Cc1nnc2n1-c1ccc(-c3cncc(N4CCN(CCCO)CC4)c3)cc1CC2. The summed E-state index contributed by atoms with van der Waals surface area (Å²) in [6, 6.07) is 8.93. The molecule has 7 nitrogen and oxygen atoms in total. The van der Waals surface area contributed by atoms with Crippen LogP contribution in [-0.2, 0) is 12.8 Å². The van der Waals surface area contributed by atoms with E-state index in [9.17, 15) is 0 Å². The molecule has 7 heteroatoms. The van der Waals surface area contributed by atoms with Crippen LogP contribution in [0.25, 0.3) is 16.8 Å². The van der Waals surface area contributed by atoms with E-state index in [1.807, 2.05) is 19.3 Å². The highest BCUT2D eigenvalue weighted by Crippen LogP contribution is 2.31. The van der Waals surface area contributed by atoms with Gasteiger partial charge in [-0.2, -0.15) is 0 Å². The van der Waals surface area contributed by atoms with Crippen molar-refractivity contribution < 1.29 is 5.11 Å². The topological polar surface area (TPSA) is 70.3 Å². The first kappa shape index (κ1) is 19.2. The molecule has 5 rings (SSSR count). The molecule has 2 aromatic heterocycles. The first-order chi connectivity index (χ1) is 14.7. The summed E-state index contributed by atoms with van der Waals surface area (Å²) in [6.45, 7) is 7.31. The summed E-state index contributed by atoms with van der Waals surface area (Å²) < 4.78 is 2.17. The van der Waals surface area contributed by atoms with Crippen molar-refractivity contribution >= 4 is 5.69 Å². The van der Waals surface area contributed by atoms with Crippen molar-refractivity contribution in [1.29, 1.82) is 0 Å². The summed E-state index contributed by atoms with van der Waals surface area (Å²) in [5, 5.41) is 17.6. The summed E-state index contributed by atoms with van der Waals surface area (Å²) in [6.07, 6.45) is 6.70. The number of rotatable bonds is 5. The molecule has 1 N–H and O–H groups in total. The number of anilines is 1. The normalized spacial score (nSPS) is 16.4. The molecular weight excluding hydrogens is 376 g/mol. The highest BCUT2D eigenvalue weighted by Gasteiger charge is 2.21. The Balaban J connectivity index is 1.36. The van der Waals surface area contributed by atoms with Gasteiger partial charge in [0, 0.05) is 57.5 Å². The molecule has 1 aromatic carbocycles. The molecule has 0 spiro atoms. The number of aliphatic hydroxyl groups excluding tert-OH is 1. The highest BCUT2D eigenvalue weighted by molar-refractivity contribution is 5.70. The average molecular weight is 405 g/mol. The lowest BCUT2D eigenvalue weighted by atomic mass is 9.97. The molecule has 0 saturated carbocycles. The Morgan fingerprint density at radius 2 is 1.83 bits per heavy atom. The Morgan fingerprint density at radius 1 is 0.967 bits per heavy atom. The van der Waals surface area contributed by atoms with E-state index < -0.39 is 0 Å². The van der Waals surface area contributed by atoms with Gasteiger partial charge >= 0.3 is 0 Å². The minimum Gasteiger partial charge on any atom is -0.396 e. The van der Waals surface area contributed by atoms with Crippen molar-refractivity contribution in [1.82, 2.24) is 24.6 Å². The van der Waals surface area contributed by atoms with Gasteiger partial charge in [-0.1, -0.05) is 6.07 Å². The van der Waals surface area contributed by atoms with Crippen LogP contribution in [0.5, 0.6) is 0 Å². The minimum atomic E-state index is 0.269. The number of hydrogen-bond donors (Lipinski definition) is 1. The van der Waals surface area contributed by atoms with Crippen LogP contribution in [-0.4, -0.2) is 69.1 Å². The number of nitrogens with zero attached hydrogens (tertiary/aromatic N) is 6. The summed E-state index contributed by atoms with van der Waals surface area (Å²) >= 11 is 0. The molecular formula is C23H28N6O. The first-order valence-corrected chi connectivity index (χ1v) is 10.8. The summed E-state index contributed by atoms with van der Waals surface area (Å²) in [4.78, 5) is 9.38. The van der Waals surface area contributed by atoms with Crippen molar-refractivity contribution in [3.05, 3.63) is 53.9 Å². The van der Waals surface area contributed by atoms with Gasteiger partial charge in [-0.05, 0) is 49.1 Å². The third-order valence-corrected chi connectivity index (χ3v) is 6.26. The van der Waals surface area contributed by atoms with E-state index >= 15 is 0 Å². The third-order valence-electron chi connectivity index (χ3n) is 6.26. The predicted molar refractivity (Wildman–Crippen MR) is 117 cm³/mol. The van der Waals surface area contributed by atoms with E-state index in [1.165, 1.54) is 22.5 Å². The van der Waals surface area contributed by atoms with Crippen LogP contribution in [0.3, 0.4) is 0 Å². The zero-order valence-corrected chi connectivity index (χ0v) is 17.5. The van der Waals surface area contributed by atoms with Gasteiger partial charge in [0.1, 0.15) is 11.6 Å². The number of benzene rings is 1. The fraction of sp³-hybridized carbons (Fsp3) is 0.435. The van der Waals surface area contributed by atoms with Crippen molar-refractivity contribution in [2.24, 2.45) is 0 Å². The number of aromatic nitrogens is 4. The molecule has 0 bridgehead atoms. The Bertz CT molecular complexity index is 1040. The van der Waals surface area contributed by atoms with Gasteiger partial charge in [0.25, 0.3) is 0 Å². The van der Waals surface area contributed by atoms with E-state index in [4.69, 9.17) is 5.11 Å². The molecule has 1 saturated heterocycles. The van der Waals surface area contributed by atoms with Crippen LogP contribution in [0.2, 0.25) is 0 Å². The molecule has 0 unspecified atom stereocenters. The summed E-state index contributed by atoms with van der Waals surface area (Å²) in [7, 11) is 0. The lowest BCUT2D eigenvalue weighted by Crippen LogP contribution is -2.46. The van der Waals surface area contributed by atoms with Crippen molar-refractivity contribution in [2.45, 2.75) is 26.2 Å². The molecule has 0 amide bonds. The highest BCUT2D eigenvalue weighted by atomic mass is 16.3. The standard InChI is InChI=1S/C23H28N6O/c1-17-25-26-23-6-4-19-13-18(3-5-22(19)29(17)23)20-14-21(16-24-15-20)28-10-8-27(9-11-28)7-2-12-30/h3,5,13-16,30H,2,4,6-12H2,1H3. The Labute approximate surface area is 177 Å². The van der Waals surface area contributed by atoms with Gasteiger partial charge in [0.15, 0.2) is 0 Å².